The lowest BCUT2D eigenvalue weighted by molar-refractivity contribution is -0.138. The topological polar surface area (TPSA) is 102 Å². The molecule has 2 aromatic rings. The summed E-state index contributed by atoms with van der Waals surface area (Å²) in [5, 5.41) is 3.38. The van der Waals surface area contributed by atoms with Crippen LogP contribution >= 0.6 is 11.6 Å². The molecule has 7 nitrogen and oxygen atoms in total. The molecule has 1 amide bonds. The van der Waals surface area contributed by atoms with Gasteiger partial charge in [-0.25, -0.2) is 4.79 Å². The predicted octanol–water partition coefficient (Wildman–Crippen LogP) is 3.40. The van der Waals surface area contributed by atoms with Crippen LogP contribution in [0, 0.1) is 0 Å². The second-order valence-corrected chi connectivity index (χ2v) is 8.35. The van der Waals surface area contributed by atoms with Gasteiger partial charge in [0.05, 0.1) is 7.11 Å². The SMILES string of the molecule is COC(=O)C1=C(N)N(c2ccc(Cl)cc2)C2=C(C(=O)CCC2)C12C(=O)Nc1ccccc12. The molecule has 0 bridgehead atoms. The number of Topliss-reactive ketones (excluding diaryl/α,β-unsaturated/α-hetero) is 1. The zero-order chi connectivity index (χ0) is 22.6. The van der Waals surface area contributed by atoms with Gasteiger partial charge in [-0.15, -0.1) is 0 Å². The zero-order valence-electron chi connectivity index (χ0n) is 17.3. The van der Waals surface area contributed by atoms with Crippen molar-refractivity contribution in [3.05, 3.63) is 81.8 Å². The van der Waals surface area contributed by atoms with Gasteiger partial charge in [-0.05, 0) is 43.2 Å². The molecule has 0 radical (unpaired) electrons. The molecule has 2 aliphatic heterocycles. The maximum Gasteiger partial charge on any atom is 0.339 e. The molecule has 2 aromatic carbocycles. The van der Waals surface area contributed by atoms with Crippen LogP contribution in [0.3, 0.4) is 0 Å². The average molecular weight is 450 g/mol. The minimum Gasteiger partial charge on any atom is -0.466 e. The maximum atomic E-state index is 13.6. The number of ether oxygens (including phenoxy) is 1. The number of anilines is 2. The van der Waals surface area contributed by atoms with Crippen LogP contribution in [0.1, 0.15) is 24.8 Å². The van der Waals surface area contributed by atoms with Crippen LogP contribution in [0.4, 0.5) is 11.4 Å². The third-order valence-corrected chi connectivity index (χ3v) is 6.55. The van der Waals surface area contributed by atoms with E-state index in [1.165, 1.54) is 7.11 Å². The van der Waals surface area contributed by atoms with Crippen LogP contribution in [-0.4, -0.2) is 24.8 Å². The van der Waals surface area contributed by atoms with E-state index in [0.29, 0.717) is 40.5 Å². The predicted molar refractivity (Wildman–Crippen MR) is 120 cm³/mol. The highest BCUT2D eigenvalue weighted by molar-refractivity contribution is 6.30. The van der Waals surface area contributed by atoms with Gasteiger partial charge in [0.2, 0.25) is 5.91 Å². The van der Waals surface area contributed by atoms with Crippen LogP contribution in [0.15, 0.2) is 71.2 Å². The number of ketones is 1. The number of allylic oxidation sites excluding steroid dienone is 1. The molecule has 8 heteroatoms. The van der Waals surface area contributed by atoms with Gasteiger partial charge in [0.1, 0.15) is 16.8 Å². The van der Waals surface area contributed by atoms with Crippen molar-refractivity contribution in [2.45, 2.75) is 24.7 Å². The summed E-state index contributed by atoms with van der Waals surface area (Å²) in [6.07, 6.45) is 1.41. The highest BCUT2D eigenvalue weighted by atomic mass is 35.5. The number of benzene rings is 2. The number of methoxy groups -OCH3 is 1. The van der Waals surface area contributed by atoms with Crippen molar-refractivity contribution in [1.82, 2.24) is 0 Å². The fourth-order valence-electron chi connectivity index (χ4n) is 5.05. The van der Waals surface area contributed by atoms with Crippen molar-refractivity contribution in [3.63, 3.8) is 0 Å². The Hall–Kier alpha value is -3.58. The third-order valence-electron chi connectivity index (χ3n) is 6.30. The first-order valence-electron chi connectivity index (χ1n) is 10.2. The smallest absolute Gasteiger partial charge is 0.339 e. The highest BCUT2D eigenvalue weighted by Gasteiger charge is 2.61. The summed E-state index contributed by atoms with van der Waals surface area (Å²) in [5.74, 6) is -1.38. The van der Waals surface area contributed by atoms with E-state index in [-0.39, 0.29) is 29.2 Å². The summed E-state index contributed by atoms with van der Waals surface area (Å²) < 4.78 is 5.09. The molecule has 32 heavy (non-hydrogen) atoms. The van der Waals surface area contributed by atoms with E-state index in [2.05, 4.69) is 5.32 Å². The number of amides is 1. The minimum atomic E-state index is -1.66. The minimum absolute atomic E-state index is 0.0551. The van der Waals surface area contributed by atoms with Gasteiger partial charge in [-0.1, -0.05) is 29.8 Å². The number of nitrogens with two attached hydrogens (primary N) is 1. The molecule has 0 saturated heterocycles. The van der Waals surface area contributed by atoms with Crippen LogP contribution in [0.2, 0.25) is 5.02 Å². The van der Waals surface area contributed by atoms with Gasteiger partial charge in [-0.2, -0.15) is 0 Å². The van der Waals surface area contributed by atoms with Gasteiger partial charge in [0.15, 0.2) is 5.78 Å². The highest BCUT2D eigenvalue weighted by Crippen LogP contribution is 2.55. The Morgan fingerprint density at radius 1 is 1.12 bits per heavy atom. The van der Waals surface area contributed by atoms with E-state index >= 15 is 0 Å². The number of hydrogen-bond donors (Lipinski definition) is 2. The number of rotatable bonds is 2. The second-order valence-electron chi connectivity index (χ2n) is 7.91. The number of carbonyl (C=O) groups excluding carboxylic acids is 3. The first-order valence-corrected chi connectivity index (χ1v) is 10.6. The fraction of sp³-hybridized carbons (Fsp3) is 0.208. The van der Waals surface area contributed by atoms with Crippen LogP contribution in [0.5, 0.6) is 0 Å². The van der Waals surface area contributed by atoms with E-state index in [1.54, 1.807) is 53.4 Å². The normalized spacial score (nSPS) is 22.1. The molecule has 0 aromatic heterocycles. The van der Waals surface area contributed by atoms with E-state index in [1.807, 2.05) is 0 Å². The number of carbonyl (C=O) groups is 3. The Bertz CT molecular complexity index is 1250. The molecule has 0 fully saturated rings. The summed E-state index contributed by atoms with van der Waals surface area (Å²) in [7, 11) is 1.23. The Morgan fingerprint density at radius 2 is 1.84 bits per heavy atom. The summed E-state index contributed by atoms with van der Waals surface area (Å²) in [6, 6.07) is 14.0. The van der Waals surface area contributed by atoms with Crippen LogP contribution < -0.4 is 16.0 Å². The molecule has 3 aliphatic rings. The molecule has 5 rings (SSSR count). The summed E-state index contributed by atoms with van der Waals surface area (Å²) in [6.45, 7) is 0. The molecule has 0 saturated carbocycles. The quantitative estimate of drug-likeness (QED) is 0.681. The molecular formula is C24H20ClN3O4. The number of para-hydroxylation sites is 1. The molecule has 162 valence electrons. The number of esters is 1. The van der Waals surface area contributed by atoms with Gasteiger partial charge < -0.3 is 15.8 Å². The molecule has 3 N–H and O–H groups in total. The van der Waals surface area contributed by atoms with Gasteiger partial charge in [-0.3, -0.25) is 14.5 Å². The van der Waals surface area contributed by atoms with Gasteiger partial charge in [0.25, 0.3) is 0 Å². The monoisotopic (exact) mass is 449 g/mol. The number of nitrogens with zero attached hydrogens (tertiary/aromatic N) is 1. The molecule has 2 heterocycles. The third kappa shape index (κ3) is 2.58. The lowest BCUT2D eigenvalue weighted by Crippen LogP contribution is -2.53. The van der Waals surface area contributed by atoms with E-state index < -0.39 is 17.3 Å². The van der Waals surface area contributed by atoms with Crippen molar-refractivity contribution in [1.29, 1.82) is 0 Å². The lowest BCUT2D eigenvalue weighted by Gasteiger charge is -2.44. The number of halogens is 1. The van der Waals surface area contributed by atoms with Crippen molar-refractivity contribution >= 4 is 40.6 Å². The Kier molecular flexibility index (Phi) is 4.60. The van der Waals surface area contributed by atoms with Crippen molar-refractivity contribution in [2.75, 3.05) is 17.3 Å². The Labute approximate surface area is 189 Å². The molecular weight excluding hydrogens is 430 g/mol. The molecule has 1 atom stereocenters. The molecule has 1 aliphatic carbocycles. The maximum absolute atomic E-state index is 13.6. The van der Waals surface area contributed by atoms with Crippen LogP contribution in [-0.2, 0) is 24.5 Å². The van der Waals surface area contributed by atoms with E-state index in [4.69, 9.17) is 22.1 Å². The second kappa shape index (κ2) is 7.24. The molecule has 1 unspecified atom stereocenters. The summed E-state index contributed by atoms with van der Waals surface area (Å²) in [5.41, 5.74) is 7.50. The Morgan fingerprint density at radius 3 is 2.56 bits per heavy atom. The van der Waals surface area contributed by atoms with Gasteiger partial charge >= 0.3 is 5.97 Å². The standard InChI is InChI=1S/C24H20ClN3O4/c1-32-22(30)20-21(26)28(14-11-9-13(25)10-12-14)17-7-4-8-18(29)19(17)24(20)15-5-2-3-6-16(15)27-23(24)31/h2-3,5-6,9-12H,4,7-8,26H2,1H3,(H,27,31). The van der Waals surface area contributed by atoms with Crippen molar-refractivity contribution in [2.24, 2.45) is 5.73 Å². The number of fused-ring (bicyclic) bond motifs is 3. The first kappa shape index (κ1) is 20.3. The van der Waals surface area contributed by atoms with E-state index in [0.717, 1.165) is 0 Å². The first-order chi connectivity index (χ1) is 15.4. The summed E-state index contributed by atoms with van der Waals surface area (Å²) >= 11 is 6.07. The van der Waals surface area contributed by atoms with Crippen molar-refractivity contribution in [3.8, 4) is 0 Å². The fourth-order valence-corrected chi connectivity index (χ4v) is 5.18. The number of hydrogen-bond acceptors (Lipinski definition) is 6. The average Bonchev–Trinajstić information content (AvgIpc) is 3.07. The van der Waals surface area contributed by atoms with Gasteiger partial charge in [0, 0.05) is 39.7 Å². The number of nitrogens with one attached hydrogen (secondary N) is 1. The largest absolute Gasteiger partial charge is 0.466 e. The summed E-state index contributed by atoms with van der Waals surface area (Å²) in [4.78, 5) is 41.9. The van der Waals surface area contributed by atoms with E-state index in [9.17, 15) is 14.4 Å². The molecule has 1 spiro atoms. The Balaban J connectivity index is 1.90. The van der Waals surface area contributed by atoms with Crippen molar-refractivity contribution < 1.29 is 19.1 Å². The van der Waals surface area contributed by atoms with Crippen LogP contribution in [0.25, 0.3) is 0 Å². The lowest BCUT2D eigenvalue weighted by atomic mass is 9.63. The zero-order valence-corrected chi connectivity index (χ0v) is 18.0.